The van der Waals surface area contributed by atoms with Gasteiger partial charge in [0.1, 0.15) is 12.1 Å². The molecule has 0 aromatic carbocycles. The molecule has 0 spiro atoms. The van der Waals surface area contributed by atoms with Crippen LogP contribution in [0.4, 0.5) is 0 Å². The van der Waals surface area contributed by atoms with Gasteiger partial charge in [-0.1, -0.05) is 0 Å². The highest BCUT2D eigenvalue weighted by molar-refractivity contribution is 7.98. The molecule has 12 heteroatoms. The highest BCUT2D eigenvalue weighted by atomic mass is 32.2. The summed E-state index contributed by atoms with van der Waals surface area (Å²) in [6.45, 7) is -0.892. The Bertz CT molecular complexity index is 529. The Hall–Kier alpha value is -2.34. The van der Waals surface area contributed by atoms with Crippen molar-refractivity contribution in [3.05, 3.63) is 0 Å². The van der Waals surface area contributed by atoms with Crippen molar-refractivity contribution >= 4 is 41.4 Å². The smallest absolute Gasteiger partial charge is 0.326 e. The average molecular weight is 392 g/mol. The van der Waals surface area contributed by atoms with Crippen LogP contribution in [0.25, 0.3) is 0 Å². The average Bonchev–Trinajstić information content (AvgIpc) is 2.59. The van der Waals surface area contributed by atoms with E-state index in [-0.39, 0.29) is 25.8 Å². The van der Waals surface area contributed by atoms with Gasteiger partial charge in [0.15, 0.2) is 0 Å². The van der Waals surface area contributed by atoms with E-state index in [9.17, 15) is 24.0 Å². The first-order valence-electron chi connectivity index (χ1n) is 7.71. The molecule has 0 heterocycles. The molecule has 0 saturated carbocycles. The second kappa shape index (κ2) is 12.9. The van der Waals surface area contributed by atoms with Gasteiger partial charge in [-0.15, -0.1) is 0 Å². The Morgan fingerprint density at radius 1 is 1.00 bits per heavy atom. The monoisotopic (exact) mass is 392 g/mol. The summed E-state index contributed by atoms with van der Waals surface area (Å²) < 4.78 is 0. The number of hydrogen-bond acceptors (Lipinski definition) is 7. The van der Waals surface area contributed by atoms with Crippen LogP contribution >= 0.6 is 11.8 Å². The van der Waals surface area contributed by atoms with Crippen LogP contribution in [0.5, 0.6) is 0 Å². The molecular formula is C14H24N4O7S. The van der Waals surface area contributed by atoms with Crippen LogP contribution < -0.4 is 21.7 Å². The summed E-state index contributed by atoms with van der Waals surface area (Å²) in [5.41, 5.74) is 5.14. The van der Waals surface area contributed by atoms with E-state index >= 15 is 0 Å². The van der Waals surface area contributed by atoms with Crippen molar-refractivity contribution in [1.29, 1.82) is 0 Å². The van der Waals surface area contributed by atoms with Gasteiger partial charge in [-0.25, -0.2) is 4.79 Å². The van der Waals surface area contributed by atoms with Crippen LogP contribution in [0.1, 0.15) is 19.3 Å². The first kappa shape index (κ1) is 23.7. The molecule has 11 nitrogen and oxygen atoms in total. The van der Waals surface area contributed by atoms with Gasteiger partial charge in [-0.2, -0.15) is 11.8 Å². The molecular weight excluding hydrogens is 368 g/mol. The van der Waals surface area contributed by atoms with E-state index in [0.29, 0.717) is 5.75 Å². The zero-order valence-electron chi connectivity index (χ0n) is 14.3. The van der Waals surface area contributed by atoms with Gasteiger partial charge in [0.25, 0.3) is 0 Å². The van der Waals surface area contributed by atoms with Crippen molar-refractivity contribution < 1.29 is 34.2 Å². The van der Waals surface area contributed by atoms with E-state index in [0.717, 1.165) is 0 Å². The molecule has 2 unspecified atom stereocenters. The molecule has 0 bridgehead atoms. The van der Waals surface area contributed by atoms with Crippen LogP contribution in [0.2, 0.25) is 0 Å². The molecule has 7 N–H and O–H groups in total. The number of rotatable bonds is 13. The molecule has 0 aliphatic carbocycles. The van der Waals surface area contributed by atoms with Crippen LogP contribution in [0, 0.1) is 0 Å². The van der Waals surface area contributed by atoms with Crippen molar-refractivity contribution in [3.8, 4) is 0 Å². The van der Waals surface area contributed by atoms with Crippen molar-refractivity contribution in [1.82, 2.24) is 16.0 Å². The minimum Gasteiger partial charge on any atom is -0.481 e. The summed E-state index contributed by atoms with van der Waals surface area (Å²) in [6.07, 6.45) is 1.47. The van der Waals surface area contributed by atoms with Crippen molar-refractivity contribution in [2.24, 2.45) is 5.73 Å². The number of thioether (sulfide) groups is 1. The number of hydrogen-bond donors (Lipinski definition) is 6. The molecule has 2 atom stereocenters. The van der Waals surface area contributed by atoms with E-state index in [1.165, 1.54) is 11.8 Å². The third kappa shape index (κ3) is 10.5. The van der Waals surface area contributed by atoms with E-state index in [1.807, 2.05) is 0 Å². The van der Waals surface area contributed by atoms with Crippen molar-refractivity contribution in [2.75, 3.05) is 25.1 Å². The highest BCUT2D eigenvalue weighted by Crippen LogP contribution is 2.01. The Morgan fingerprint density at radius 3 is 2.12 bits per heavy atom. The lowest BCUT2D eigenvalue weighted by Crippen LogP contribution is -2.51. The lowest BCUT2D eigenvalue weighted by Gasteiger charge is -2.18. The Morgan fingerprint density at radius 2 is 1.62 bits per heavy atom. The highest BCUT2D eigenvalue weighted by Gasteiger charge is 2.23. The van der Waals surface area contributed by atoms with Gasteiger partial charge in [0.2, 0.25) is 17.7 Å². The van der Waals surface area contributed by atoms with Crippen molar-refractivity contribution in [3.63, 3.8) is 0 Å². The maximum absolute atomic E-state index is 12.0. The fourth-order valence-electron chi connectivity index (χ4n) is 1.82. The topological polar surface area (TPSA) is 188 Å². The number of carboxylic acids is 2. The lowest BCUT2D eigenvalue weighted by atomic mass is 10.1. The second-order valence-electron chi connectivity index (χ2n) is 5.21. The fraction of sp³-hybridized carbons (Fsp3) is 0.643. The summed E-state index contributed by atoms with van der Waals surface area (Å²) in [7, 11) is 0. The molecule has 0 saturated heterocycles. The minimum absolute atomic E-state index is 0.181. The number of carbonyl (C=O) groups excluding carboxylic acids is 3. The molecule has 3 amide bonds. The Labute approximate surface area is 154 Å². The lowest BCUT2D eigenvalue weighted by molar-refractivity contribution is -0.141. The summed E-state index contributed by atoms with van der Waals surface area (Å²) in [5.74, 6) is -3.93. The van der Waals surface area contributed by atoms with Gasteiger partial charge in [-0.3, -0.25) is 19.2 Å². The number of aliphatic carboxylic acids is 2. The maximum atomic E-state index is 12.0. The number of carboxylic acid groups (broad SMARTS) is 2. The van der Waals surface area contributed by atoms with Gasteiger partial charge >= 0.3 is 11.9 Å². The van der Waals surface area contributed by atoms with Gasteiger partial charge < -0.3 is 31.9 Å². The first-order chi connectivity index (χ1) is 12.2. The van der Waals surface area contributed by atoms with E-state index < -0.39 is 48.3 Å². The fourth-order valence-corrected chi connectivity index (χ4v) is 2.29. The van der Waals surface area contributed by atoms with Crippen LogP contribution in [-0.4, -0.2) is 77.1 Å². The third-order valence-corrected chi connectivity index (χ3v) is 3.80. The largest absolute Gasteiger partial charge is 0.481 e. The number of amides is 3. The third-order valence-electron chi connectivity index (χ3n) is 3.15. The molecule has 0 aromatic rings. The standard InChI is InChI=1S/C14H24N4O7S/c1-26-5-4-9(14(24)25)18-11(20)7-16-13(23)8(2-3-12(21)22)17-10(19)6-15/h8-9H,2-7,15H2,1H3,(H,16,23)(H,17,19)(H,18,20)(H,21,22)(H,24,25). The first-order valence-corrected chi connectivity index (χ1v) is 9.10. The number of nitrogens with one attached hydrogen (secondary N) is 3. The molecule has 26 heavy (non-hydrogen) atoms. The normalized spacial score (nSPS) is 12.5. The minimum atomic E-state index is -1.19. The molecule has 0 radical (unpaired) electrons. The predicted octanol–water partition coefficient (Wildman–Crippen LogP) is -2.27. The molecule has 0 fully saturated rings. The molecule has 0 rings (SSSR count). The summed E-state index contributed by atoms with van der Waals surface area (Å²) in [4.78, 5) is 56.9. The van der Waals surface area contributed by atoms with Crippen LogP contribution in [0.15, 0.2) is 0 Å². The second-order valence-corrected chi connectivity index (χ2v) is 6.20. The van der Waals surface area contributed by atoms with Crippen molar-refractivity contribution in [2.45, 2.75) is 31.3 Å². The quantitative estimate of drug-likeness (QED) is 0.201. The SMILES string of the molecule is CSCCC(NC(=O)CNC(=O)C(CCC(=O)O)NC(=O)CN)C(=O)O. The van der Waals surface area contributed by atoms with E-state index in [2.05, 4.69) is 16.0 Å². The van der Waals surface area contributed by atoms with Gasteiger partial charge in [0, 0.05) is 6.42 Å². The van der Waals surface area contributed by atoms with Gasteiger partial charge in [0.05, 0.1) is 13.1 Å². The molecule has 0 aromatic heterocycles. The Balaban J connectivity index is 4.61. The number of nitrogens with two attached hydrogens (primary N) is 1. The summed E-state index contributed by atoms with van der Waals surface area (Å²) >= 11 is 1.43. The summed E-state index contributed by atoms with van der Waals surface area (Å²) in [6, 6.07) is -2.24. The van der Waals surface area contributed by atoms with Crippen LogP contribution in [-0.2, 0) is 24.0 Å². The summed E-state index contributed by atoms with van der Waals surface area (Å²) in [5, 5.41) is 24.5. The molecule has 148 valence electrons. The molecule has 0 aliphatic rings. The van der Waals surface area contributed by atoms with Crippen LogP contribution in [0.3, 0.4) is 0 Å². The zero-order chi connectivity index (χ0) is 20.1. The predicted molar refractivity (Wildman–Crippen MR) is 93.4 cm³/mol. The Kier molecular flexibility index (Phi) is 11.8. The van der Waals surface area contributed by atoms with E-state index in [4.69, 9.17) is 15.9 Å². The van der Waals surface area contributed by atoms with E-state index in [1.54, 1.807) is 6.26 Å². The molecule has 0 aliphatic heterocycles. The number of carbonyl (C=O) groups is 5. The maximum Gasteiger partial charge on any atom is 0.326 e. The zero-order valence-corrected chi connectivity index (χ0v) is 15.1. The van der Waals surface area contributed by atoms with Gasteiger partial charge in [-0.05, 0) is 24.9 Å².